The molecule has 1 heterocycles. The van der Waals surface area contributed by atoms with Gasteiger partial charge in [-0.25, -0.2) is 0 Å². The van der Waals surface area contributed by atoms with Gasteiger partial charge in [-0.1, -0.05) is 48.0 Å². The van der Waals surface area contributed by atoms with Gasteiger partial charge in [0, 0.05) is 22.1 Å². The fraction of sp³-hybridized carbons (Fsp3) is 0.250. The van der Waals surface area contributed by atoms with Gasteiger partial charge in [0.05, 0.1) is 11.2 Å². The molecule has 0 N–H and O–H groups in total. The van der Waals surface area contributed by atoms with E-state index in [9.17, 15) is 0 Å². The van der Waals surface area contributed by atoms with Crippen molar-refractivity contribution in [3.63, 3.8) is 0 Å². The van der Waals surface area contributed by atoms with E-state index < -0.39 is 18.3 Å². The SMILES string of the molecule is CC1(C)OB(c2cc(Cl)cc(N(c3ccccc3)c3ccccc3)c2)OC1(C)C. The van der Waals surface area contributed by atoms with E-state index in [1.54, 1.807) is 0 Å². The molecule has 0 radical (unpaired) electrons. The van der Waals surface area contributed by atoms with Gasteiger partial charge < -0.3 is 14.2 Å². The van der Waals surface area contributed by atoms with Crippen molar-refractivity contribution in [3.05, 3.63) is 83.9 Å². The Morgan fingerprint density at radius 1 is 0.690 bits per heavy atom. The standard InChI is InChI=1S/C24H25BClNO2/c1-23(2)24(3,4)29-25(28-23)18-15-19(26)17-22(16-18)27(20-11-7-5-8-12-20)21-13-9-6-10-14-21/h5-17H,1-4H3. The first-order valence-corrected chi connectivity index (χ1v) is 10.2. The van der Waals surface area contributed by atoms with Gasteiger partial charge in [-0.05, 0) is 75.6 Å². The molecular formula is C24H25BClNO2. The molecule has 1 saturated heterocycles. The number of nitrogens with zero attached hydrogens (tertiary/aromatic N) is 1. The van der Waals surface area contributed by atoms with Crippen molar-refractivity contribution in [2.24, 2.45) is 0 Å². The van der Waals surface area contributed by atoms with Crippen LogP contribution in [0.25, 0.3) is 0 Å². The maximum Gasteiger partial charge on any atom is 0.494 e. The van der Waals surface area contributed by atoms with Crippen LogP contribution in [0.1, 0.15) is 27.7 Å². The molecule has 0 saturated carbocycles. The summed E-state index contributed by atoms with van der Waals surface area (Å²) in [4.78, 5) is 2.18. The predicted molar refractivity (Wildman–Crippen MR) is 122 cm³/mol. The second-order valence-corrected chi connectivity index (χ2v) is 8.77. The molecular weight excluding hydrogens is 381 g/mol. The van der Waals surface area contributed by atoms with Crippen LogP contribution in [0.2, 0.25) is 5.02 Å². The Balaban J connectivity index is 1.79. The Bertz CT molecular complexity index is 937. The summed E-state index contributed by atoms with van der Waals surface area (Å²) in [5.41, 5.74) is 3.17. The molecule has 0 unspecified atom stereocenters. The highest BCUT2D eigenvalue weighted by Gasteiger charge is 2.51. The van der Waals surface area contributed by atoms with E-state index in [1.165, 1.54) is 0 Å². The van der Waals surface area contributed by atoms with Crippen molar-refractivity contribution < 1.29 is 9.31 Å². The van der Waals surface area contributed by atoms with Gasteiger partial charge in [0.2, 0.25) is 0 Å². The van der Waals surface area contributed by atoms with E-state index in [1.807, 2.05) is 48.5 Å². The number of hydrogen-bond donors (Lipinski definition) is 0. The lowest BCUT2D eigenvalue weighted by Gasteiger charge is -2.32. The smallest absolute Gasteiger partial charge is 0.399 e. The largest absolute Gasteiger partial charge is 0.494 e. The predicted octanol–water partition coefficient (Wildman–Crippen LogP) is 6.11. The minimum absolute atomic E-state index is 0.404. The molecule has 3 aromatic rings. The minimum Gasteiger partial charge on any atom is -0.399 e. The first kappa shape index (κ1) is 20.0. The first-order chi connectivity index (χ1) is 13.8. The minimum atomic E-state index is -0.467. The number of anilines is 3. The van der Waals surface area contributed by atoms with Crippen LogP contribution < -0.4 is 10.4 Å². The van der Waals surface area contributed by atoms with Crippen LogP contribution in [0.15, 0.2) is 78.9 Å². The molecule has 1 aliphatic rings. The Morgan fingerprint density at radius 2 is 1.17 bits per heavy atom. The zero-order valence-corrected chi connectivity index (χ0v) is 18.0. The third kappa shape index (κ3) is 3.93. The van der Waals surface area contributed by atoms with Crippen LogP contribution >= 0.6 is 11.6 Å². The van der Waals surface area contributed by atoms with Gasteiger partial charge in [-0.3, -0.25) is 0 Å². The quantitative estimate of drug-likeness (QED) is 0.489. The van der Waals surface area contributed by atoms with Crippen LogP contribution in [0.4, 0.5) is 17.1 Å². The molecule has 29 heavy (non-hydrogen) atoms. The van der Waals surface area contributed by atoms with Gasteiger partial charge >= 0.3 is 7.12 Å². The average Bonchev–Trinajstić information content (AvgIpc) is 2.91. The van der Waals surface area contributed by atoms with Crippen LogP contribution in [0, 0.1) is 0 Å². The van der Waals surface area contributed by atoms with Gasteiger partial charge in [-0.2, -0.15) is 0 Å². The molecule has 0 atom stereocenters. The van der Waals surface area contributed by atoms with E-state index in [0.717, 1.165) is 22.5 Å². The van der Waals surface area contributed by atoms with Crippen molar-refractivity contribution in [2.75, 3.05) is 4.90 Å². The third-order valence-electron chi connectivity index (χ3n) is 5.72. The molecule has 148 valence electrons. The van der Waals surface area contributed by atoms with Crippen molar-refractivity contribution in [2.45, 2.75) is 38.9 Å². The molecule has 0 aromatic heterocycles. The van der Waals surface area contributed by atoms with E-state index >= 15 is 0 Å². The van der Waals surface area contributed by atoms with Crippen molar-refractivity contribution in [1.82, 2.24) is 0 Å². The molecule has 0 aliphatic carbocycles. The summed E-state index contributed by atoms with van der Waals surface area (Å²) in [6, 6.07) is 26.5. The zero-order chi connectivity index (χ0) is 20.6. The van der Waals surface area contributed by atoms with Gasteiger partial charge in [0.1, 0.15) is 0 Å². The Kier molecular flexibility index (Phi) is 5.20. The summed E-state index contributed by atoms with van der Waals surface area (Å²) < 4.78 is 12.5. The summed E-state index contributed by atoms with van der Waals surface area (Å²) in [7, 11) is -0.467. The van der Waals surface area contributed by atoms with Crippen molar-refractivity contribution >= 4 is 41.2 Å². The number of hydrogen-bond acceptors (Lipinski definition) is 3. The van der Waals surface area contributed by atoms with Crippen molar-refractivity contribution in [3.8, 4) is 0 Å². The van der Waals surface area contributed by atoms with Crippen LogP contribution in [-0.2, 0) is 9.31 Å². The number of halogens is 1. The summed E-state index contributed by atoms with van der Waals surface area (Å²) in [5.74, 6) is 0. The molecule has 0 spiro atoms. The zero-order valence-electron chi connectivity index (χ0n) is 17.2. The lowest BCUT2D eigenvalue weighted by Crippen LogP contribution is -2.41. The Hall–Kier alpha value is -2.27. The Morgan fingerprint density at radius 3 is 1.66 bits per heavy atom. The second kappa shape index (κ2) is 7.53. The van der Waals surface area contributed by atoms with E-state index in [2.05, 4.69) is 62.9 Å². The summed E-state index contributed by atoms with van der Waals surface area (Å²) in [6.07, 6.45) is 0. The highest BCUT2D eigenvalue weighted by atomic mass is 35.5. The van der Waals surface area contributed by atoms with Crippen LogP contribution in [0.5, 0.6) is 0 Å². The lowest BCUT2D eigenvalue weighted by atomic mass is 9.79. The van der Waals surface area contributed by atoms with Gasteiger partial charge in [0.25, 0.3) is 0 Å². The number of benzene rings is 3. The topological polar surface area (TPSA) is 21.7 Å². The average molecular weight is 406 g/mol. The normalized spacial score (nSPS) is 17.3. The molecule has 1 fully saturated rings. The van der Waals surface area contributed by atoms with E-state index in [0.29, 0.717) is 5.02 Å². The van der Waals surface area contributed by atoms with Crippen LogP contribution in [-0.4, -0.2) is 18.3 Å². The maximum absolute atomic E-state index is 6.55. The highest BCUT2D eigenvalue weighted by molar-refractivity contribution is 6.62. The fourth-order valence-electron chi connectivity index (χ4n) is 3.44. The number of rotatable bonds is 4. The Labute approximate surface area is 178 Å². The molecule has 0 amide bonds. The lowest BCUT2D eigenvalue weighted by molar-refractivity contribution is 0.00578. The fourth-order valence-corrected chi connectivity index (χ4v) is 3.68. The highest BCUT2D eigenvalue weighted by Crippen LogP contribution is 2.38. The van der Waals surface area contributed by atoms with E-state index in [-0.39, 0.29) is 0 Å². The molecule has 0 bridgehead atoms. The van der Waals surface area contributed by atoms with Crippen LogP contribution in [0.3, 0.4) is 0 Å². The van der Waals surface area contributed by atoms with Gasteiger partial charge in [-0.15, -0.1) is 0 Å². The maximum atomic E-state index is 6.55. The molecule has 4 rings (SSSR count). The van der Waals surface area contributed by atoms with Crippen molar-refractivity contribution in [1.29, 1.82) is 0 Å². The summed E-state index contributed by atoms with van der Waals surface area (Å²) in [5, 5.41) is 0.643. The van der Waals surface area contributed by atoms with E-state index in [4.69, 9.17) is 20.9 Å². The first-order valence-electron chi connectivity index (χ1n) is 9.83. The summed E-state index contributed by atoms with van der Waals surface area (Å²) in [6.45, 7) is 8.22. The molecule has 1 aliphatic heterocycles. The molecule has 3 aromatic carbocycles. The van der Waals surface area contributed by atoms with Gasteiger partial charge in [0.15, 0.2) is 0 Å². The molecule has 3 nitrogen and oxygen atoms in total. The third-order valence-corrected chi connectivity index (χ3v) is 5.94. The molecule has 5 heteroatoms. The summed E-state index contributed by atoms with van der Waals surface area (Å²) >= 11 is 6.55. The monoisotopic (exact) mass is 405 g/mol. The number of para-hydroxylation sites is 2. The second-order valence-electron chi connectivity index (χ2n) is 8.34.